The van der Waals surface area contributed by atoms with Crippen molar-refractivity contribution in [1.29, 1.82) is 0 Å². The van der Waals surface area contributed by atoms with Gasteiger partial charge in [-0.25, -0.2) is 0 Å². The first kappa shape index (κ1) is 15.4. The molecule has 106 valence electrons. The van der Waals surface area contributed by atoms with Crippen LogP contribution in [0.15, 0.2) is 16.6 Å². The predicted molar refractivity (Wildman–Crippen MR) is 79.2 cm³/mol. The molecule has 3 nitrogen and oxygen atoms in total. The molecule has 0 saturated carbocycles. The average Bonchev–Trinajstić information content (AvgIpc) is 2.65. The molecular formula is C13H15BrCl2O3. The highest BCUT2D eigenvalue weighted by Crippen LogP contribution is 2.34. The minimum Gasteiger partial charge on any atom is -0.492 e. The fourth-order valence-corrected chi connectivity index (χ4v) is 2.67. The molecule has 2 rings (SSSR count). The van der Waals surface area contributed by atoms with E-state index in [2.05, 4.69) is 15.9 Å². The zero-order valence-corrected chi connectivity index (χ0v) is 13.8. The number of hydrogen-bond donors (Lipinski definition) is 0. The van der Waals surface area contributed by atoms with E-state index in [1.54, 1.807) is 12.1 Å². The summed E-state index contributed by atoms with van der Waals surface area (Å²) in [6.45, 7) is 4.89. The summed E-state index contributed by atoms with van der Waals surface area (Å²) in [5.41, 5.74) is 0. The molecule has 0 N–H and O–H groups in total. The second-order valence-corrected chi connectivity index (χ2v) is 6.45. The summed E-state index contributed by atoms with van der Waals surface area (Å²) >= 11 is 15.4. The van der Waals surface area contributed by atoms with Crippen LogP contribution in [0.3, 0.4) is 0 Å². The monoisotopic (exact) mass is 368 g/mol. The summed E-state index contributed by atoms with van der Waals surface area (Å²) in [4.78, 5) is 0. The van der Waals surface area contributed by atoms with Crippen molar-refractivity contribution in [3.63, 3.8) is 0 Å². The van der Waals surface area contributed by atoms with Crippen molar-refractivity contribution >= 4 is 39.1 Å². The van der Waals surface area contributed by atoms with E-state index in [9.17, 15) is 0 Å². The van der Waals surface area contributed by atoms with Gasteiger partial charge < -0.3 is 14.2 Å². The van der Waals surface area contributed by atoms with E-state index in [4.69, 9.17) is 37.4 Å². The van der Waals surface area contributed by atoms with E-state index in [1.807, 2.05) is 13.8 Å². The molecule has 0 radical (unpaired) electrons. The Morgan fingerprint density at radius 3 is 2.74 bits per heavy atom. The van der Waals surface area contributed by atoms with E-state index < -0.39 is 5.79 Å². The van der Waals surface area contributed by atoms with E-state index >= 15 is 0 Å². The van der Waals surface area contributed by atoms with E-state index in [1.165, 1.54) is 0 Å². The largest absolute Gasteiger partial charge is 0.492 e. The lowest BCUT2D eigenvalue weighted by molar-refractivity contribution is -0.139. The number of hydrogen-bond acceptors (Lipinski definition) is 3. The van der Waals surface area contributed by atoms with Crippen LogP contribution >= 0.6 is 39.1 Å². The molecule has 1 unspecified atom stereocenters. The fraction of sp³-hybridized carbons (Fsp3) is 0.538. The molecule has 0 aliphatic carbocycles. The minimum absolute atomic E-state index is 0.0553. The summed E-state index contributed by atoms with van der Waals surface area (Å²) in [6.07, 6.45) is 0.799. The molecule has 1 atom stereocenters. The fourth-order valence-electron chi connectivity index (χ4n) is 1.82. The average molecular weight is 370 g/mol. The Kier molecular flexibility index (Phi) is 5.01. The van der Waals surface area contributed by atoms with Crippen LogP contribution in [-0.4, -0.2) is 25.1 Å². The van der Waals surface area contributed by atoms with Gasteiger partial charge in [0.1, 0.15) is 5.75 Å². The molecule has 1 fully saturated rings. The third kappa shape index (κ3) is 4.23. The van der Waals surface area contributed by atoms with Crippen molar-refractivity contribution in [3.8, 4) is 5.75 Å². The van der Waals surface area contributed by atoms with Gasteiger partial charge >= 0.3 is 0 Å². The maximum atomic E-state index is 6.07. The lowest BCUT2D eigenvalue weighted by atomic mass is 10.3. The highest BCUT2D eigenvalue weighted by atomic mass is 79.9. The lowest BCUT2D eigenvalue weighted by Crippen LogP contribution is -2.22. The van der Waals surface area contributed by atoms with Gasteiger partial charge in [0, 0.05) is 17.0 Å². The molecule has 1 aliphatic heterocycles. The van der Waals surface area contributed by atoms with Gasteiger partial charge in [0.05, 0.1) is 29.4 Å². The van der Waals surface area contributed by atoms with Gasteiger partial charge in [0.2, 0.25) is 0 Å². The van der Waals surface area contributed by atoms with Crippen molar-refractivity contribution in [2.75, 3.05) is 13.2 Å². The van der Waals surface area contributed by atoms with Crippen molar-refractivity contribution < 1.29 is 14.2 Å². The smallest absolute Gasteiger partial charge is 0.163 e. The maximum absolute atomic E-state index is 6.07. The highest BCUT2D eigenvalue weighted by molar-refractivity contribution is 9.10. The van der Waals surface area contributed by atoms with Crippen molar-refractivity contribution in [2.24, 2.45) is 0 Å². The van der Waals surface area contributed by atoms with Crippen LogP contribution in [0, 0.1) is 0 Å². The molecule has 1 aliphatic rings. The molecule has 6 heteroatoms. The number of rotatable bonds is 4. The Morgan fingerprint density at radius 1 is 1.37 bits per heavy atom. The van der Waals surface area contributed by atoms with Crippen LogP contribution in [0.25, 0.3) is 0 Å². The van der Waals surface area contributed by atoms with Gasteiger partial charge in [-0.3, -0.25) is 0 Å². The topological polar surface area (TPSA) is 27.7 Å². The third-order valence-corrected chi connectivity index (χ3v) is 4.23. The van der Waals surface area contributed by atoms with Gasteiger partial charge in [-0.05, 0) is 35.8 Å². The first-order valence-electron chi connectivity index (χ1n) is 5.96. The normalized spacial score (nSPS) is 21.6. The summed E-state index contributed by atoms with van der Waals surface area (Å²) in [6, 6.07) is 3.42. The maximum Gasteiger partial charge on any atom is 0.163 e. The Bertz CT molecular complexity index is 465. The van der Waals surface area contributed by atoms with Gasteiger partial charge in [-0.1, -0.05) is 23.2 Å². The Morgan fingerprint density at radius 2 is 2.11 bits per heavy atom. The van der Waals surface area contributed by atoms with E-state index in [0.29, 0.717) is 29.0 Å². The first-order chi connectivity index (χ1) is 8.87. The third-order valence-electron chi connectivity index (χ3n) is 2.74. The van der Waals surface area contributed by atoms with Crippen LogP contribution < -0.4 is 4.74 Å². The molecule has 0 amide bonds. The quantitative estimate of drug-likeness (QED) is 0.721. The molecule has 1 aromatic rings. The number of ether oxygens (including phenoxy) is 3. The molecule has 0 bridgehead atoms. The number of halogens is 3. The van der Waals surface area contributed by atoms with Gasteiger partial charge in [-0.2, -0.15) is 0 Å². The lowest BCUT2D eigenvalue weighted by Gasteiger charge is -2.17. The van der Waals surface area contributed by atoms with Crippen LogP contribution in [0.4, 0.5) is 0 Å². The Hall–Kier alpha value is -0.0000000000000000763. The van der Waals surface area contributed by atoms with Gasteiger partial charge in [0.25, 0.3) is 0 Å². The molecule has 1 saturated heterocycles. The number of benzene rings is 1. The molecule has 19 heavy (non-hydrogen) atoms. The zero-order chi connectivity index (χ0) is 14.0. The summed E-state index contributed by atoms with van der Waals surface area (Å²) in [5, 5.41) is 1.10. The standard InChI is InChI=1S/C13H15BrCl2O3/c1-13(2)18-7-8(19-13)3-4-17-12-6-10(15)9(14)5-11(12)16/h5-6,8H,3-4,7H2,1-2H3. The molecule has 1 aromatic carbocycles. The minimum atomic E-state index is -0.497. The molecule has 0 aromatic heterocycles. The van der Waals surface area contributed by atoms with E-state index in [0.717, 1.165) is 10.9 Å². The van der Waals surface area contributed by atoms with Crippen molar-refractivity contribution in [3.05, 3.63) is 26.7 Å². The van der Waals surface area contributed by atoms with Gasteiger partial charge in [-0.15, -0.1) is 0 Å². The van der Waals surface area contributed by atoms with Crippen molar-refractivity contribution in [2.45, 2.75) is 32.2 Å². The molecular weight excluding hydrogens is 355 g/mol. The molecule has 1 heterocycles. The second-order valence-electron chi connectivity index (χ2n) is 4.78. The first-order valence-corrected chi connectivity index (χ1v) is 7.51. The van der Waals surface area contributed by atoms with Crippen LogP contribution in [0.5, 0.6) is 5.75 Å². The Balaban J connectivity index is 1.85. The summed E-state index contributed by atoms with van der Waals surface area (Å²) in [5.74, 6) is 0.0801. The SMILES string of the molecule is CC1(C)OCC(CCOc2cc(Cl)c(Br)cc2Cl)O1. The molecule has 0 spiro atoms. The highest BCUT2D eigenvalue weighted by Gasteiger charge is 2.32. The van der Waals surface area contributed by atoms with Crippen LogP contribution in [-0.2, 0) is 9.47 Å². The summed E-state index contributed by atoms with van der Waals surface area (Å²) < 4.78 is 17.6. The van der Waals surface area contributed by atoms with Gasteiger partial charge in [0.15, 0.2) is 5.79 Å². The van der Waals surface area contributed by atoms with Crippen molar-refractivity contribution in [1.82, 2.24) is 0 Å². The summed E-state index contributed by atoms with van der Waals surface area (Å²) in [7, 11) is 0. The Labute approximate surface area is 131 Å². The van der Waals surface area contributed by atoms with Crippen LogP contribution in [0.2, 0.25) is 10.0 Å². The predicted octanol–water partition coefficient (Wildman–Crippen LogP) is 4.68. The van der Waals surface area contributed by atoms with Crippen LogP contribution in [0.1, 0.15) is 20.3 Å². The van der Waals surface area contributed by atoms with E-state index in [-0.39, 0.29) is 6.10 Å². The second kappa shape index (κ2) is 6.19. The zero-order valence-electron chi connectivity index (χ0n) is 10.7.